The van der Waals surface area contributed by atoms with Crippen LogP contribution in [0.2, 0.25) is 0 Å². The number of benzene rings is 1. The van der Waals surface area contributed by atoms with Crippen LogP contribution >= 0.6 is 0 Å². The number of nitrogens with zero attached hydrogens (tertiary/aromatic N) is 1. The summed E-state index contributed by atoms with van der Waals surface area (Å²) in [5.41, 5.74) is 1.30. The third-order valence-electron chi connectivity index (χ3n) is 3.43. The van der Waals surface area contributed by atoms with Gasteiger partial charge in [-0.2, -0.15) is 0 Å². The summed E-state index contributed by atoms with van der Waals surface area (Å²) in [5.74, 6) is -0.203. The van der Waals surface area contributed by atoms with Crippen molar-refractivity contribution in [2.45, 2.75) is 32.6 Å². The van der Waals surface area contributed by atoms with Crippen molar-refractivity contribution in [2.24, 2.45) is 0 Å². The van der Waals surface area contributed by atoms with Crippen LogP contribution in [0, 0.1) is 6.92 Å². The van der Waals surface area contributed by atoms with Gasteiger partial charge in [-0.1, -0.05) is 12.5 Å². The molecule has 0 bridgehead atoms. The quantitative estimate of drug-likeness (QED) is 0.830. The van der Waals surface area contributed by atoms with E-state index in [0.29, 0.717) is 18.7 Å². The summed E-state index contributed by atoms with van der Waals surface area (Å²) < 4.78 is 0. The molecule has 5 nitrogen and oxygen atoms in total. The molecule has 0 spiro atoms. The molecule has 5 heteroatoms. The van der Waals surface area contributed by atoms with Gasteiger partial charge in [0.1, 0.15) is 5.75 Å². The van der Waals surface area contributed by atoms with Crippen molar-refractivity contribution < 1.29 is 14.7 Å². The lowest BCUT2D eigenvalue weighted by molar-refractivity contribution is -0.134. The van der Waals surface area contributed by atoms with Gasteiger partial charge in [0.05, 0.1) is 12.2 Å². The van der Waals surface area contributed by atoms with E-state index in [1.54, 1.807) is 17.0 Å². The molecule has 1 heterocycles. The Labute approximate surface area is 118 Å². The van der Waals surface area contributed by atoms with Crippen molar-refractivity contribution in [3.63, 3.8) is 0 Å². The molecule has 0 aliphatic carbocycles. The van der Waals surface area contributed by atoms with Crippen molar-refractivity contribution >= 4 is 17.5 Å². The molecule has 1 fully saturated rings. The van der Waals surface area contributed by atoms with Crippen molar-refractivity contribution in [3.8, 4) is 5.75 Å². The number of rotatable bonds is 3. The van der Waals surface area contributed by atoms with Crippen LogP contribution in [0.3, 0.4) is 0 Å². The smallest absolute Gasteiger partial charge is 0.244 e. The van der Waals surface area contributed by atoms with Crippen LogP contribution in [0.5, 0.6) is 5.75 Å². The molecule has 0 atom stereocenters. The standard InChI is InChI=1S/C15H20N2O3/c1-11-6-7-12(13(18)9-11)16-14(19)10-17-8-4-2-3-5-15(17)20/h6-7,9,18H,2-5,8,10H2,1H3,(H,16,19). The molecule has 0 aromatic heterocycles. The SMILES string of the molecule is Cc1ccc(NC(=O)CN2CCCCCC2=O)c(O)c1. The Kier molecular flexibility index (Phi) is 4.61. The van der Waals surface area contributed by atoms with E-state index in [4.69, 9.17) is 0 Å². The highest BCUT2D eigenvalue weighted by molar-refractivity contribution is 5.95. The first-order chi connectivity index (χ1) is 9.56. The highest BCUT2D eigenvalue weighted by Gasteiger charge is 2.19. The second-order valence-electron chi connectivity index (χ2n) is 5.19. The number of aromatic hydroxyl groups is 1. The van der Waals surface area contributed by atoms with Crippen molar-refractivity contribution in [1.29, 1.82) is 0 Å². The number of carbonyl (C=O) groups excluding carboxylic acids is 2. The van der Waals surface area contributed by atoms with Gasteiger partial charge in [-0.3, -0.25) is 9.59 Å². The van der Waals surface area contributed by atoms with E-state index < -0.39 is 0 Å². The van der Waals surface area contributed by atoms with E-state index in [9.17, 15) is 14.7 Å². The summed E-state index contributed by atoms with van der Waals surface area (Å²) >= 11 is 0. The summed E-state index contributed by atoms with van der Waals surface area (Å²) in [4.78, 5) is 25.4. The Morgan fingerprint density at radius 3 is 2.90 bits per heavy atom. The zero-order valence-electron chi connectivity index (χ0n) is 11.7. The molecule has 1 aliphatic heterocycles. The Morgan fingerprint density at radius 2 is 2.15 bits per heavy atom. The van der Waals surface area contributed by atoms with Gasteiger partial charge in [-0.15, -0.1) is 0 Å². The first-order valence-electron chi connectivity index (χ1n) is 6.93. The van der Waals surface area contributed by atoms with Crippen LogP contribution in [-0.4, -0.2) is 34.9 Å². The first kappa shape index (κ1) is 14.4. The van der Waals surface area contributed by atoms with Gasteiger partial charge in [-0.05, 0) is 37.5 Å². The van der Waals surface area contributed by atoms with Gasteiger partial charge in [0, 0.05) is 13.0 Å². The third kappa shape index (κ3) is 3.73. The predicted molar refractivity (Wildman–Crippen MR) is 76.5 cm³/mol. The number of nitrogens with one attached hydrogen (secondary N) is 1. The normalized spacial score (nSPS) is 15.8. The van der Waals surface area contributed by atoms with Crippen LogP contribution in [0.1, 0.15) is 31.2 Å². The van der Waals surface area contributed by atoms with Gasteiger partial charge in [0.2, 0.25) is 11.8 Å². The number of likely N-dealkylation sites (tertiary alicyclic amines) is 1. The summed E-state index contributed by atoms with van der Waals surface area (Å²) in [6.07, 6.45) is 3.39. The highest BCUT2D eigenvalue weighted by atomic mass is 16.3. The van der Waals surface area contributed by atoms with Gasteiger partial charge in [-0.25, -0.2) is 0 Å². The van der Waals surface area contributed by atoms with Gasteiger partial charge in [0.15, 0.2) is 0 Å². The van der Waals surface area contributed by atoms with E-state index in [2.05, 4.69) is 5.32 Å². The Hall–Kier alpha value is -2.04. The lowest BCUT2D eigenvalue weighted by Gasteiger charge is -2.20. The topological polar surface area (TPSA) is 69.6 Å². The van der Waals surface area contributed by atoms with Crippen molar-refractivity contribution in [1.82, 2.24) is 4.90 Å². The van der Waals surface area contributed by atoms with Gasteiger partial charge in [0.25, 0.3) is 0 Å². The maximum atomic E-state index is 12.0. The molecular weight excluding hydrogens is 256 g/mol. The number of phenolic OH excluding ortho intramolecular Hbond substituents is 1. The van der Waals surface area contributed by atoms with E-state index >= 15 is 0 Å². The number of hydrogen-bond donors (Lipinski definition) is 2. The number of aryl methyl sites for hydroxylation is 1. The Bertz CT molecular complexity index is 514. The molecule has 1 saturated heterocycles. The molecule has 2 rings (SSSR count). The lowest BCUT2D eigenvalue weighted by atomic mass is 10.2. The van der Waals surface area contributed by atoms with Crippen LogP contribution in [-0.2, 0) is 9.59 Å². The van der Waals surface area contributed by atoms with Crippen LogP contribution in [0.4, 0.5) is 5.69 Å². The minimum Gasteiger partial charge on any atom is -0.506 e. The van der Waals surface area contributed by atoms with Gasteiger partial charge < -0.3 is 15.3 Å². The third-order valence-corrected chi connectivity index (χ3v) is 3.43. The highest BCUT2D eigenvalue weighted by Crippen LogP contribution is 2.23. The van der Waals surface area contributed by atoms with Gasteiger partial charge >= 0.3 is 0 Å². The van der Waals surface area contributed by atoms with Crippen LogP contribution < -0.4 is 5.32 Å². The first-order valence-corrected chi connectivity index (χ1v) is 6.93. The monoisotopic (exact) mass is 276 g/mol. The molecule has 0 unspecified atom stereocenters. The lowest BCUT2D eigenvalue weighted by Crippen LogP contribution is -2.37. The zero-order valence-corrected chi connectivity index (χ0v) is 11.7. The van der Waals surface area contributed by atoms with Crippen LogP contribution in [0.25, 0.3) is 0 Å². The number of hydrogen-bond acceptors (Lipinski definition) is 3. The predicted octanol–water partition coefficient (Wildman–Crippen LogP) is 2.04. The number of amides is 2. The second-order valence-corrected chi connectivity index (χ2v) is 5.19. The second kappa shape index (κ2) is 6.41. The average molecular weight is 276 g/mol. The molecule has 2 amide bonds. The zero-order chi connectivity index (χ0) is 14.5. The number of phenols is 1. The van der Waals surface area contributed by atoms with E-state index in [1.807, 2.05) is 13.0 Å². The summed E-state index contributed by atoms with van der Waals surface area (Å²) in [5, 5.41) is 12.4. The fourth-order valence-electron chi connectivity index (χ4n) is 2.32. The average Bonchev–Trinajstić information content (AvgIpc) is 2.59. The fourth-order valence-corrected chi connectivity index (χ4v) is 2.32. The van der Waals surface area contributed by atoms with E-state index in [1.165, 1.54) is 0 Å². The number of carbonyl (C=O) groups is 2. The molecular formula is C15H20N2O3. The van der Waals surface area contributed by atoms with Crippen LogP contribution in [0.15, 0.2) is 18.2 Å². The molecule has 0 saturated carbocycles. The van der Waals surface area contributed by atoms with E-state index in [-0.39, 0.29) is 24.1 Å². The molecule has 1 aliphatic rings. The molecule has 108 valence electrons. The largest absolute Gasteiger partial charge is 0.506 e. The molecule has 1 aromatic rings. The van der Waals surface area contributed by atoms with E-state index in [0.717, 1.165) is 24.8 Å². The summed E-state index contributed by atoms with van der Waals surface area (Å²) in [7, 11) is 0. The van der Waals surface area contributed by atoms with Crippen molar-refractivity contribution in [3.05, 3.63) is 23.8 Å². The Morgan fingerprint density at radius 1 is 1.35 bits per heavy atom. The minimum atomic E-state index is -0.278. The maximum Gasteiger partial charge on any atom is 0.244 e. The number of anilines is 1. The molecule has 1 aromatic carbocycles. The molecule has 20 heavy (non-hydrogen) atoms. The maximum absolute atomic E-state index is 12.0. The summed E-state index contributed by atoms with van der Waals surface area (Å²) in [6.45, 7) is 2.54. The molecule has 2 N–H and O–H groups in total. The van der Waals surface area contributed by atoms with Crippen molar-refractivity contribution in [2.75, 3.05) is 18.4 Å². The minimum absolute atomic E-state index is 0.0331. The molecule has 0 radical (unpaired) electrons. The Balaban J connectivity index is 1.96. The summed E-state index contributed by atoms with van der Waals surface area (Å²) in [6, 6.07) is 5.06. The fraction of sp³-hybridized carbons (Fsp3) is 0.467.